The summed E-state index contributed by atoms with van der Waals surface area (Å²) in [5.74, 6) is 6.50. The molecule has 94 valence electrons. The quantitative estimate of drug-likeness (QED) is 0.657. The van der Waals surface area contributed by atoms with Crippen LogP contribution in [0.4, 0.5) is 0 Å². The number of hydrogen-bond acceptors (Lipinski definition) is 1. The van der Waals surface area contributed by atoms with E-state index in [4.69, 9.17) is 0 Å². The smallest absolute Gasteiger partial charge is 0.179 e. The lowest BCUT2D eigenvalue weighted by molar-refractivity contribution is 0.0955. The fourth-order valence-electron chi connectivity index (χ4n) is 2.32. The van der Waals surface area contributed by atoms with Crippen LogP contribution in [-0.2, 0) is 6.54 Å². The van der Waals surface area contributed by atoms with Crippen LogP contribution in [0, 0.1) is 18.8 Å². The first-order valence-corrected chi connectivity index (χ1v) is 6.54. The van der Waals surface area contributed by atoms with E-state index in [1.165, 1.54) is 5.56 Å². The molecule has 0 unspecified atom stereocenters. The molecule has 0 N–H and O–H groups in total. The Morgan fingerprint density at radius 1 is 1.11 bits per heavy atom. The Morgan fingerprint density at radius 3 is 2.58 bits per heavy atom. The number of benzene rings is 1. The van der Waals surface area contributed by atoms with Crippen LogP contribution < -0.4 is 0 Å². The van der Waals surface area contributed by atoms with E-state index in [1.54, 1.807) is 0 Å². The number of nitrogens with zero attached hydrogens (tertiary/aromatic N) is 1. The van der Waals surface area contributed by atoms with Crippen LogP contribution in [0.15, 0.2) is 36.5 Å². The van der Waals surface area contributed by atoms with Crippen LogP contribution in [0.1, 0.15) is 40.0 Å². The van der Waals surface area contributed by atoms with Crippen molar-refractivity contribution in [3.05, 3.63) is 58.9 Å². The van der Waals surface area contributed by atoms with Gasteiger partial charge < -0.3 is 4.57 Å². The lowest BCUT2D eigenvalue weighted by Gasteiger charge is -2.12. The lowest BCUT2D eigenvalue weighted by atomic mass is 10.1. The molecule has 19 heavy (non-hydrogen) atoms. The predicted octanol–water partition coefficient (Wildman–Crippen LogP) is 3.17. The topological polar surface area (TPSA) is 22.0 Å². The van der Waals surface area contributed by atoms with Crippen LogP contribution in [-0.4, -0.2) is 10.4 Å². The molecule has 0 bridgehead atoms. The zero-order valence-corrected chi connectivity index (χ0v) is 10.9. The van der Waals surface area contributed by atoms with E-state index in [0.29, 0.717) is 6.42 Å². The van der Waals surface area contributed by atoms with Crippen molar-refractivity contribution in [1.29, 1.82) is 0 Å². The van der Waals surface area contributed by atoms with Crippen molar-refractivity contribution < 1.29 is 4.79 Å². The summed E-state index contributed by atoms with van der Waals surface area (Å²) in [6.45, 7) is 2.98. The molecule has 0 spiro atoms. The molecule has 0 amide bonds. The molecule has 0 saturated heterocycles. The van der Waals surface area contributed by atoms with Gasteiger partial charge in [0, 0.05) is 30.3 Å². The van der Waals surface area contributed by atoms with Gasteiger partial charge in [0.2, 0.25) is 0 Å². The molecule has 0 fully saturated rings. The first kappa shape index (κ1) is 11.8. The van der Waals surface area contributed by atoms with Crippen LogP contribution in [0.25, 0.3) is 0 Å². The van der Waals surface area contributed by atoms with Crippen molar-refractivity contribution in [3.8, 4) is 11.8 Å². The van der Waals surface area contributed by atoms with Crippen molar-refractivity contribution >= 4 is 5.78 Å². The highest BCUT2D eigenvalue weighted by molar-refractivity contribution is 5.95. The summed E-state index contributed by atoms with van der Waals surface area (Å²) in [4.78, 5) is 11.7. The zero-order valence-electron chi connectivity index (χ0n) is 10.9. The molecular weight excluding hydrogens is 234 g/mol. The Kier molecular flexibility index (Phi) is 2.97. The number of carbonyl (C=O) groups excluding carboxylic acids is 1. The number of aromatic nitrogens is 1. The summed E-state index contributed by atoms with van der Waals surface area (Å²) < 4.78 is 2.02. The molecule has 1 aliphatic rings. The van der Waals surface area contributed by atoms with Gasteiger partial charge >= 0.3 is 0 Å². The molecule has 0 radical (unpaired) electrons. The highest BCUT2D eigenvalue weighted by Gasteiger charge is 2.17. The van der Waals surface area contributed by atoms with E-state index in [9.17, 15) is 4.79 Å². The van der Waals surface area contributed by atoms with E-state index in [-0.39, 0.29) is 5.78 Å². The molecule has 2 nitrogen and oxygen atoms in total. The fraction of sp³-hybridized carbons (Fsp3) is 0.235. The van der Waals surface area contributed by atoms with Gasteiger partial charge in [-0.05, 0) is 31.5 Å². The number of rotatable bonds is 0. The first-order chi connectivity index (χ1) is 9.22. The number of aryl methyl sites for hydroxylation is 2. The molecule has 3 rings (SSSR count). The molecule has 0 atom stereocenters. The fourth-order valence-corrected chi connectivity index (χ4v) is 2.32. The van der Waals surface area contributed by atoms with Crippen LogP contribution in [0.3, 0.4) is 0 Å². The van der Waals surface area contributed by atoms with Crippen LogP contribution >= 0.6 is 0 Å². The Balaban J connectivity index is 1.88. The van der Waals surface area contributed by atoms with E-state index in [0.717, 1.165) is 29.8 Å². The molecular formula is C17H15NO. The molecule has 2 aromatic rings. The van der Waals surface area contributed by atoms with E-state index >= 15 is 0 Å². The number of hydrogen-bond donors (Lipinski definition) is 0. The highest BCUT2D eigenvalue weighted by atomic mass is 16.1. The highest BCUT2D eigenvalue weighted by Crippen LogP contribution is 2.17. The lowest BCUT2D eigenvalue weighted by Crippen LogP contribution is -2.14. The minimum absolute atomic E-state index is 0.231. The third kappa shape index (κ3) is 2.46. The number of Topliss-reactive ketones (excluding diaryl/α,β-unsaturated/α-hetero) is 1. The van der Waals surface area contributed by atoms with E-state index in [2.05, 4.69) is 30.9 Å². The monoisotopic (exact) mass is 249 g/mol. The summed E-state index contributed by atoms with van der Waals surface area (Å²) in [7, 11) is 0. The van der Waals surface area contributed by atoms with Gasteiger partial charge in [-0.1, -0.05) is 29.5 Å². The molecule has 1 aromatic carbocycles. The van der Waals surface area contributed by atoms with Crippen molar-refractivity contribution in [2.75, 3.05) is 0 Å². The van der Waals surface area contributed by atoms with E-state index < -0.39 is 0 Å². The minimum atomic E-state index is 0.231. The Hall–Kier alpha value is -2.27. The van der Waals surface area contributed by atoms with Gasteiger partial charge in [-0.2, -0.15) is 0 Å². The van der Waals surface area contributed by atoms with Gasteiger partial charge in [0.05, 0.1) is 5.69 Å². The molecule has 0 aliphatic carbocycles. The van der Waals surface area contributed by atoms with Gasteiger partial charge in [-0.3, -0.25) is 4.79 Å². The maximum atomic E-state index is 11.7. The molecule has 2 heteroatoms. The van der Waals surface area contributed by atoms with Gasteiger partial charge in [-0.15, -0.1) is 0 Å². The molecule has 0 saturated carbocycles. The second kappa shape index (κ2) is 4.78. The Morgan fingerprint density at radius 2 is 1.84 bits per heavy atom. The maximum Gasteiger partial charge on any atom is 0.179 e. The summed E-state index contributed by atoms with van der Waals surface area (Å²) in [6.07, 6.45) is 3.58. The number of ketones is 1. The van der Waals surface area contributed by atoms with Crippen molar-refractivity contribution in [2.45, 2.75) is 26.3 Å². The molecule has 1 aromatic heterocycles. The number of fused-ring (bicyclic) bond motifs is 1. The second-order valence-electron chi connectivity index (χ2n) is 4.95. The van der Waals surface area contributed by atoms with Crippen molar-refractivity contribution in [2.24, 2.45) is 0 Å². The van der Waals surface area contributed by atoms with Gasteiger partial charge in [-0.25, -0.2) is 0 Å². The largest absolute Gasteiger partial charge is 0.344 e. The first-order valence-electron chi connectivity index (χ1n) is 6.54. The maximum absolute atomic E-state index is 11.7. The Bertz CT molecular complexity index is 680. The molecule has 2 heterocycles. The van der Waals surface area contributed by atoms with Gasteiger partial charge in [0.15, 0.2) is 5.78 Å². The van der Waals surface area contributed by atoms with Gasteiger partial charge in [0.25, 0.3) is 0 Å². The van der Waals surface area contributed by atoms with Crippen LogP contribution in [0.2, 0.25) is 0 Å². The van der Waals surface area contributed by atoms with Crippen molar-refractivity contribution in [3.63, 3.8) is 0 Å². The summed E-state index contributed by atoms with van der Waals surface area (Å²) >= 11 is 0. The Labute approximate surface area is 113 Å². The second-order valence-corrected chi connectivity index (χ2v) is 4.95. The predicted molar refractivity (Wildman–Crippen MR) is 75.2 cm³/mol. The van der Waals surface area contributed by atoms with Gasteiger partial charge in [0.1, 0.15) is 0 Å². The van der Waals surface area contributed by atoms with E-state index in [1.807, 2.05) is 29.0 Å². The average molecular weight is 249 g/mol. The normalized spacial score (nSPS) is 13.6. The summed E-state index contributed by atoms with van der Waals surface area (Å²) in [6, 6.07) is 10.0. The zero-order chi connectivity index (χ0) is 13.2. The molecule has 1 aliphatic heterocycles. The summed E-state index contributed by atoms with van der Waals surface area (Å²) in [5, 5.41) is 0. The standard InChI is InChI=1S/C17H15NO/c1-13-4-6-14(7-5-13)8-9-15-11-16-17(19)3-2-10-18(16)12-15/h4-7,11-12H,2-3,10H2,1H3. The SMILES string of the molecule is Cc1ccc(C#Cc2cc3n(c2)CCCC3=O)cc1. The third-order valence-corrected chi connectivity index (χ3v) is 3.39. The third-order valence-electron chi connectivity index (χ3n) is 3.39. The number of carbonyl (C=O) groups is 1. The van der Waals surface area contributed by atoms with Crippen LogP contribution in [0.5, 0.6) is 0 Å². The van der Waals surface area contributed by atoms with Crippen molar-refractivity contribution in [1.82, 2.24) is 4.57 Å². The minimum Gasteiger partial charge on any atom is -0.344 e. The average Bonchev–Trinajstić information content (AvgIpc) is 2.83. The summed E-state index contributed by atoms with van der Waals surface area (Å²) in [5.41, 5.74) is 3.96.